The van der Waals surface area contributed by atoms with Crippen LogP contribution in [0.3, 0.4) is 0 Å². The van der Waals surface area contributed by atoms with E-state index in [1.54, 1.807) is 18.1 Å². The Morgan fingerprint density at radius 3 is 2.68 bits per heavy atom. The second-order valence-corrected chi connectivity index (χ2v) is 6.17. The molecule has 1 aromatic carbocycles. The summed E-state index contributed by atoms with van der Waals surface area (Å²) in [6.07, 6.45) is 1.36. The second-order valence-electron chi connectivity index (χ2n) is 6.17. The van der Waals surface area contributed by atoms with Gasteiger partial charge in [0.05, 0.1) is 13.7 Å². The Hall–Kier alpha value is -2.17. The highest BCUT2D eigenvalue weighted by Crippen LogP contribution is 2.38. The van der Waals surface area contributed by atoms with Gasteiger partial charge in [0.15, 0.2) is 11.5 Å². The third-order valence-corrected chi connectivity index (χ3v) is 3.25. The fourth-order valence-electron chi connectivity index (χ4n) is 2.34. The lowest BCUT2D eigenvalue weighted by Crippen LogP contribution is -2.33. The van der Waals surface area contributed by atoms with Crippen LogP contribution < -0.4 is 9.47 Å². The van der Waals surface area contributed by atoms with Crippen molar-refractivity contribution >= 4 is 6.09 Å². The molecule has 0 N–H and O–H groups in total. The van der Waals surface area contributed by atoms with Gasteiger partial charge in [0.1, 0.15) is 12.2 Å². The Kier molecular flexibility index (Phi) is 4.64. The van der Waals surface area contributed by atoms with Gasteiger partial charge in [-0.3, -0.25) is 4.90 Å². The third-order valence-electron chi connectivity index (χ3n) is 3.25. The van der Waals surface area contributed by atoms with Crippen LogP contribution in [0.4, 0.5) is 4.79 Å². The summed E-state index contributed by atoms with van der Waals surface area (Å²) in [6.45, 7) is 10.6. The van der Waals surface area contributed by atoms with Crippen molar-refractivity contribution in [3.8, 4) is 11.5 Å². The highest BCUT2D eigenvalue weighted by atomic mass is 16.6. The van der Waals surface area contributed by atoms with Crippen molar-refractivity contribution in [3.63, 3.8) is 0 Å². The summed E-state index contributed by atoms with van der Waals surface area (Å²) in [4.78, 5) is 13.9. The Balaban J connectivity index is 2.22. The molecule has 0 saturated heterocycles. The third kappa shape index (κ3) is 3.53. The fourth-order valence-corrected chi connectivity index (χ4v) is 2.34. The molecule has 0 saturated carbocycles. The van der Waals surface area contributed by atoms with Crippen molar-refractivity contribution in [2.75, 3.05) is 13.7 Å². The summed E-state index contributed by atoms with van der Waals surface area (Å²) in [5, 5.41) is 0. The van der Waals surface area contributed by atoms with Gasteiger partial charge < -0.3 is 14.2 Å². The highest BCUT2D eigenvalue weighted by Gasteiger charge is 2.30. The fraction of sp³-hybridized carbons (Fsp3) is 0.471. The van der Waals surface area contributed by atoms with Crippen molar-refractivity contribution < 1.29 is 19.0 Å². The van der Waals surface area contributed by atoms with Crippen LogP contribution in [0.5, 0.6) is 11.5 Å². The number of carbonyl (C=O) groups excluding carboxylic acids is 1. The maximum atomic E-state index is 12.2. The number of hydrogen-bond acceptors (Lipinski definition) is 4. The van der Waals surface area contributed by atoms with E-state index in [1.165, 1.54) is 0 Å². The second kappa shape index (κ2) is 6.30. The topological polar surface area (TPSA) is 48.0 Å². The normalized spacial score (nSPS) is 13.5. The number of nitrogens with zero attached hydrogens (tertiary/aromatic N) is 1. The Bertz CT molecular complexity index is 575. The molecule has 22 heavy (non-hydrogen) atoms. The number of hydrogen-bond donors (Lipinski definition) is 0. The van der Waals surface area contributed by atoms with E-state index in [9.17, 15) is 4.79 Å². The molecule has 0 aromatic heterocycles. The van der Waals surface area contributed by atoms with E-state index in [0.717, 1.165) is 11.1 Å². The Labute approximate surface area is 131 Å². The molecule has 0 radical (unpaired) electrons. The summed E-state index contributed by atoms with van der Waals surface area (Å²) >= 11 is 0. The largest absolute Gasteiger partial charge is 0.493 e. The SMILES string of the molecule is C=CCOc1c(OC)ccc2c1CN(C(=O)OC(C)(C)C)C2. The minimum absolute atomic E-state index is 0.322. The van der Waals surface area contributed by atoms with Gasteiger partial charge in [-0.1, -0.05) is 18.7 Å². The zero-order valence-corrected chi connectivity index (χ0v) is 13.6. The van der Waals surface area contributed by atoms with E-state index in [1.807, 2.05) is 32.9 Å². The molecule has 2 rings (SSSR count). The molecule has 0 bridgehead atoms. The molecule has 5 nitrogen and oxygen atoms in total. The minimum Gasteiger partial charge on any atom is -0.493 e. The van der Waals surface area contributed by atoms with Crippen molar-refractivity contribution in [2.24, 2.45) is 0 Å². The van der Waals surface area contributed by atoms with E-state index >= 15 is 0 Å². The maximum Gasteiger partial charge on any atom is 0.410 e. The molecule has 1 aliphatic heterocycles. The van der Waals surface area contributed by atoms with Gasteiger partial charge in [0.2, 0.25) is 0 Å². The van der Waals surface area contributed by atoms with Crippen LogP contribution in [-0.4, -0.2) is 30.3 Å². The van der Waals surface area contributed by atoms with Gasteiger partial charge in [0.25, 0.3) is 0 Å². The number of rotatable bonds is 4. The molecule has 1 amide bonds. The van der Waals surface area contributed by atoms with Gasteiger partial charge in [-0.25, -0.2) is 4.79 Å². The monoisotopic (exact) mass is 305 g/mol. The average Bonchev–Trinajstić information content (AvgIpc) is 2.87. The first kappa shape index (κ1) is 16.2. The summed E-state index contributed by atoms with van der Waals surface area (Å²) < 4.78 is 16.5. The number of benzene rings is 1. The van der Waals surface area contributed by atoms with E-state index in [4.69, 9.17) is 14.2 Å². The number of amides is 1. The maximum absolute atomic E-state index is 12.2. The van der Waals surface area contributed by atoms with Crippen molar-refractivity contribution in [2.45, 2.75) is 39.5 Å². The molecular formula is C17H23NO4. The standard InChI is InChI=1S/C17H23NO4/c1-6-9-21-15-13-11-18(16(19)22-17(2,3)4)10-12(13)7-8-14(15)20-5/h6-8H,1,9-11H2,2-5H3. The van der Waals surface area contributed by atoms with Gasteiger partial charge >= 0.3 is 6.09 Å². The van der Waals surface area contributed by atoms with Gasteiger partial charge in [-0.15, -0.1) is 0 Å². The van der Waals surface area contributed by atoms with Crippen LogP contribution in [-0.2, 0) is 17.8 Å². The molecule has 5 heteroatoms. The van der Waals surface area contributed by atoms with Crippen molar-refractivity contribution in [1.82, 2.24) is 4.90 Å². The lowest BCUT2D eigenvalue weighted by atomic mass is 10.1. The number of fused-ring (bicyclic) bond motifs is 1. The molecule has 0 atom stereocenters. The van der Waals surface area contributed by atoms with Gasteiger partial charge in [0, 0.05) is 12.1 Å². The first-order valence-corrected chi connectivity index (χ1v) is 7.26. The molecule has 1 aromatic rings. The van der Waals surface area contributed by atoms with E-state index < -0.39 is 5.60 Å². The van der Waals surface area contributed by atoms with Gasteiger partial charge in [-0.2, -0.15) is 0 Å². The van der Waals surface area contributed by atoms with Gasteiger partial charge in [-0.05, 0) is 32.4 Å². The molecule has 1 aliphatic rings. The minimum atomic E-state index is -0.508. The summed E-state index contributed by atoms with van der Waals surface area (Å²) in [7, 11) is 1.60. The van der Waals surface area contributed by atoms with Crippen LogP contribution in [0.15, 0.2) is 24.8 Å². The lowest BCUT2D eigenvalue weighted by molar-refractivity contribution is 0.0241. The van der Waals surface area contributed by atoms with Crippen molar-refractivity contribution in [1.29, 1.82) is 0 Å². The molecule has 0 spiro atoms. The molecule has 120 valence electrons. The predicted octanol–water partition coefficient (Wildman–Crippen LogP) is 3.51. The summed E-state index contributed by atoms with van der Waals surface area (Å²) in [6, 6.07) is 3.81. The highest BCUT2D eigenvalue weighted by molar-refractivity contribution is 5.70. The van der Waals surface area contributed by atoms with E-state index in [-0.39, 0.29) is 6.09 Å². The van der Waals surface area contributed by atoms with Crippen LogP contribution in [0.1, 0.15) is 31.9 Å². The number of carbonyl (C=O) groups is 1. The van der Waals surface area contributed by atoms with E-state index in [2.05, 4.69) is 6.58 Å². The molecular weight excluding hydrogens is 282 g/mol. The smallest absolute Gasteiger partial charge is 0.410 e. The quantitative estimate of drug-likeness (QED) is 0.799. The van der Waals surface area contributed by atoms with Crippen LogP contribution >= 0.6 is 0 Å². The molecule has 0 unspecified atom stereocenters. The zero-order valence-electron chi connectivity index (χ0n) is 13.6. The zero-order chi connectivity index (χ0) is 16.3. The summed E-state index contributed by atoms with van der Waals surface area (Å²) in [5.74, 6) is 1.33. The first-order chi connectivity index (χ1) is 10.4. The van der Waals surface area contributed by atoms with Crippen molar-refractivity contribution in [3.05, 3.63) is 35.9 Å². The molecule has 0 aliphatic carbocycles. The predicted molar refractivity (Wildman–Crippen MR) is 84.2 cm³/mol. The Morgan fingerprint density at radius 2 is 2.09 bits per heavy atom. The number of ether oxygens (including phenoxy) is 3. The average molecular weight is 305 g/mol. The summed E-state index contributed by atoms with van der Waals surface area (Å²) in [5.41, 5.74) is 1.50. The van der Waals surface area contributed by atoms with Crippen LogP contribution in [0.25, 0.3) is 0 Å². The van der Waals surface area contributed by atoms with Crippen LogP contribution in [0.2, 0.25) is 0 Å². The lowest BCUT2D eigenvalue weighted by Gasteiger charge is -2.24. The molecule has 0 fully saturated rings. The first-order valence-electron chi connectivity index (χ1n) is 7.26. The molecule has 1 heterocycles. The van der Waals surface area contributed by atoms with E-state index in [0.29, 0.717) is 31.2 Å². The number of methoxy groups -OCH3 is 1. The van der Waals surface area contributed by atoms with Crippen LogP contribution in [0, 0.1) is 0 Å². The Morgan fingerprint density at radius 1 is 1.36 bits per heavy atom.